The van der Waals surface area contributed by atoms with E-state index in [-0.39, 0.29) is 42.5 Å². The lowest BCUT2D eigenvalue weighted by Gasteiger charge is -2.34. The second kappa shape index (κ2) is 7.46. The van der Waals surface area contributed by atoms with Crippen LogP contribution in [0.4, 0.5) is 0 Å². The van der Waals surface area contributed by atoms with Crippen LogP contribution in [0.2, 0.25) is 0 Å². The molecule has 3 aromatic rings. The number of sulfonamides is 1. The van der Waals surface area contributed by atoms with Gasteiger partial charge in [-0.25, -0.2) is 8.42 Å². The number of pyridine rings is 1. The van der Waals surface area contributed by atoms with E-state index < -0.39 is 10.0 Å². The number of nitrogens with zero attached hydrogens (tertiary/aromatic N) is 3. The molecule has 0 aliphatic carbocycles. The number of para-hydroxylation sites is 1. The van der Waals surface area contributed by atoms with Gasteiger partial charge in [0.05, 0.1) is 16.0 Å². The summed E-state index contributed by atoms with van der Waals surface area (Å²) in [5.74, 6) is -0.254. The summed E-state index contributed by atoms with van der Waals surface area (Å²) in [6.07, 6.45) is 0. The smallest absolute Gasteiger partial charge is 0.254 e. The van der Waals surface area contributed by atoms with Gasteiger partial charge in [-0.1, -0.05) is 36.4 Å². The summed E-state index contributed by atoms with van der Waals surface area (Å²) in [4.78, 5) is 27.3. The summed E-state index contributed by atoms with van der Waals surface area (Å²) in [5, 5.41) is 0.707. The molecule has 150 valence electrons. The number of piperazine rings is 1. The fourth-order valence-electron chi connectivity index (χ4n) is 3.63. The molecule has 2 heterocycles. The van der Waals surface area contributed by atoms with Crippen LogP contribution in [0, 0.1) is 0 Å². The topological polar surface area (TPSA) is 79.7 Å². The van der Waals surface area contributed by atoms with E-state index in [1.165, 1.54) is 14.9 Å². The SMILES string of the molecule is Cn1c(=O)cc(C(=O)N2CCN(S(=O)(=O)c3ccccc3)CC2)c2ccccc21. The Balaban J connectivity index is 1.57. The largest absolute Gasteiger partial charge is 0.336 e. The van der Waals surface area contributed by atoms with Crippen molar-refractivity contribution in [2.45, 2.75) is 4.90 Å². The van der Waals surface area contributed by atoms with Crippen molar-refractivity contribution in [3.63, 3.8) is 0 Å². The van der Waals surface area contributed by atoms with Crippen molar-refractivity contribution in [1.82, 2.24) is 13.8 Å². The van der Waals surface area contributed by atoms with Crippen LogP contribution in [0.15, 0.2) is 70.4 Å². The summed E-state index contributed by atoms with van der Waals surface area (Å²) >= 11 is 0. The van der Waals surface area contributed by atoms with E-state index in [9.17, 15) is 18.0 Å². The molecule has 8 heteroatoms. The van der Waals surface area contributed by atoms with E-state index in [1.54, 1.807) is 48.3 Å². The Morgan fingerprint density at radius 1 is 0.897 bits per heavy atom. The highest BCUT2D eigenvalue weighted by Crippen LogP contribution is 2.21. The van der Waals surface area contributed by atoms with Crippen LogP contribution in [0.25, 0.3) is 10.9 Å². The highest BCUT2D eigenvalue weighted by molar-refractivity contribution is 7.89. The van der Waals surface area contributed by atoms with E-state index in [1.807, 2.05) is 18.2 Å². The summed E-state index contributed by atoms with van der Waals surface area (Å²) in [6.45, 7) is 0.973. The molecule has 1 aliphatic rings. The predicted molar refractivity (Wildman–Crippen MR) is 110 cm³/mol. The van der Waals surface area contributed by atoms with Gasteiger partial charge in [-0.05, 0) is 18.2 Å². The van der Waals surface area contributed by atoms with Crippen LogP contribution < -0.4 is 5.56 Å². The molecule has 0 saturated carbocycles. The van der Waals surface area contributed by atoms with Gasteiger partial charge in [0.1, 0.15) is 0 Å². The van der Waals surface area contributed by atoms with E-state index in [0.717, 1.165) is 0 Å². The van der Waals surface area contributed by atoms with Crippen LogP contribution >= 0.6 is 0 Å². The zero-order chi connectivity index (χ0) is 20.6. The Labute approximate surface area is 168 Å². The average Bonchev–Trinajstić information content (AvgIpc) is 2.76. The zero-order valence-electron chi connectivity index (χ0n) is 16.0. The van der Waals surface area contributed by atoms with Gasteiger partial charge in [-0.15, -0.1) is 0 Å². The molecule has 0 spiro atoms. The molecule has 1 fully saturated rings. The molecule has 0 atom stereocenters. The number of carbonyl (C=O) groups is 1. The van der Waals surface area contributed by atoms with Crippen molar-refractivity contribution in [2.24, 2.45) is 7.05 Å². The summed E-state index contributed by atoms with van der Waals surface area (Å²) < 4.78 is 28.4. The second-order valence-electron chi connectivity index (χ2n) is 6.98. The molecule has 0 radical (unpaired) electrons. The first-order valence-corrected chi connectivity index (χ1v) is 10.8. The Morgan fingerprint density at radius 3 is 2.21 bits per heavy atom. The molecule has 2 aromatic carbocycles. The fourth-order valence-corrected chi connectivity index (χ4v) is 5.07. The van der Waals surface area contributed by atoms with Crippen LogP contribution in [0.5, 0.6) is 0 Å². The van der Waals surface area contributed by atoms with Crippen molar-refractivity contribution < 1.29 is 13.2 Å². The van der Waals surface area contributed by atoms with Gasteiger partial charge in [0, 0.05) is 44.7 Å². The first kappa shape index (κ1) is 19.4. The quantitative estimate of drug-likeness (QED) is 0.657. The molecular formula is C21H21N3O4S. The van der Waals surface area contributed by atoms with E-state index in [4.69, 9.17) is 0 Å². The van der Waals surface area contributed by atoms with E-state index in [2.05, 4.69) is 0 Å². The number of amides is 1. The number of hydrogen-bond acceptors (Lipinski definition) is 4. The molecule has 0 unspecified atom stereocenters. The minimum Gasteiger partial charge on any atom is -0.336 e. The molecule has 1 amide bonds. The number of aromatic nitrogens is 1. The summed E-state index contributed by atoms with van der Waals surface area (Å²) in [7, 11) is -1.91. The molecule has 29 heavy (non-hydrogen) atoms. The van der Waals surface area contributed by atoms with Gasteiger partial charge in [0.2, 0.25) is 10.0 Å². The van der Waals surface area contributed by atoms with Crippen molar-refractivity contribution >= 4 is 26.8 Å². The number of aryl methyl sites for hydroxylation is 1. The fraction of sp³-hybridized carbons (Fsp3) is 0.238. The summed E-state index contributed by atoms with van der Waals surface area (Å²) in [6, 6.07) is 16.9. The van der Waals surface area contributed by atoms with Gasteiger partial charge < -0.3 is 9.47 Å². The minimum absolute atomic E-state index is 0.214. The lowest BCUT2D eigenvalue weighted by molar-refractivity contribution is 0.0699. The van der Waals surface area contributed by atoms with Crippen LogP contribution in [-0.4, -0.2) is 54.3 Å². The maximum absolute atomic E-state index is 13.1. The predicted octanol–water partition coefficient (Wildman–Crippen LogP) is 1.69. The number of carbonyl (C=O) groups excluding carboxylic acids is 1. The Bertz CT molecular complexity index is 1230. The third-order valence-electron chi connectivity index (χ3n) is 5.29. The van der Waals surface area contributed by atoms with Crippen LogP contribution in [0.1, 0.15) is 10.4 Å². The van der Waals surface area contributed by atoms with Gasteiger partial charge in [0.15, 0.2) is 0 Å². The van der Waals surface area contributed by atoms with E-state index >= 15 is 0 Å². The van der Waals surface area contributed by atoms with Crippen LogP contribution in [0.3, 0.4) is 0 Å². The Morgan fingerprint density at radius 2 is 1.52 bits per heavy atom. The number of rotatable bonds is 3. The molecule has 7 nitrogen and oxygen atoms in total. The highest BCUT2D eigenvalue weighted by atomic mass is 32.2. The molecule has 0 N–H and O–H groups in total. The first-order chi connectivity index (χ1) is 13.9. The number of hydrogen-bond donors (Lipinski definition) is 0. The van der Waals surface area contributed by atoms with Gasteiger partial charge >= 0.3 is 0 Å². The number of benzene rings is 2. The molecule has 1 aliphatic heterocycles. The summed E-state index contributed by atoms with van der Waals surface area (Å²) in [5.41, 5.74) is 0.786. The van der Waals surface area contributed by atoms with Crippen LogP contribution in [-0.2, 0) is 17.1 Å². The third kappa shape index (κ3) is 3.45. The Hall–Kier alpha value is -2.97. The van der Waals surface area contributed by atoms with Crippen molar-refractivity contribution in [3.8, 4) is 0 Å². The van der Waals surface area contributed by atoms with Gasteiger partial charge in [0.25, 0.3) is 11.5 Å². The molecular weight excluding hydrogens is 390 g/mol. The minimum atomic E-state index is -3.58. The normalized spacial score (nSPS) is 15.6. The average molecular weight is 411 g/mol. The molecule has 0 bridgehead atoms. The molecule has 1 saturated heterocycles. The van der Waals surface area contributed by atoms with Gasteiger partial charge in [-0.2, -0.15) is 4.31 Å². The Kier molecular flexibility index (Phi) is 4.97. The second-order valence-corrected chi connectivity index (χ2v) is 8.92. The molecule has 4 rings (SSSR count). The van der Waals surface area contributed by atoms with Crippen molar-refractivity contribution in [2.75, 3.05) is 26.2 Å². The maximum Gasteiger partial charge on any atom is 0.254 e. The lowest BCUT2D eigenvalue weighted by Crippen LogP contribution is -2.50. The van der Waals surface area contributed by atoms with E-state index in [0.29, 0.717) is 16.5 Å². The highest BCUT2D eigenvalue weighted by Gasteiger charge is 2.31. The van der Waals surface area contributed by atoms with Gasteiger partial charge in [-0.3, -0.25) is 9.59 Å². The van der Waals surface area contributed by atoms with Crippen molar-refractivity contribution in [1.29, 1.82) is 0 Å². The standard InChI is InChI=1S/C21H21N3O4S/c1-22-19-10-6-5-9-17(19)18(15-20(22)25)21(26)23-11-13-24(14-12-23)29(27,28)16-7-3-2-4-8-16/h2-10,15H,11-14H2,1H3. The van der Waals surface area contributed by atoms with Crippen molar-refractivity contribution in [3.05, 3.63) is 76.6 Å². The lowest BCUT2D eigenvalue weighted by atomic mass is 10.1. The monoisotopic (exact) mass is 411 g/mol. The maximum atomic E-state index is 13.1. The first-order valence-electron chi connectivity index (χ1n) is 9.33. The zero-order valence-corrected chi connectivity index (χ0v) is 16.8. The molecule has 1 aromatic heterocycles. The third-order valence-corrected chi connectivity index (χ3v) is 7.20. The number of fused-ring (bicyclic) bond motifs is 1.